The highest BCUT2D eigenvalue weighted by Gasteiger charge is 2.42. The number of piperazine rings is 1. The van der Waals surface area contributed by atoms with Crippen LogP contribution < -0.4 is 4.74 Å². The van der Waals surface area contributed by atoms with Gasteiger partial charge in [0.25, 0.3) is 11.8 Å². The van der Waals surface area contributed by atoms with Gasteiger partial charge in [-0.15, -0.1) is 0 Å². The number of imide groups is 1. The zero-order chi connectivity index (χ0) is 21.0. The van der Waals surface area contributed by atoms with Crippen molar-refractivity contribution in [3.8, 4) is 5.75 Å². The zero-order valence-corrected chi connectivity index (χ0v) is 17.8. The summed E-state index contributed by atoms with van der Waals surface area (Å²) in [6, 6.07) is 7.39. The normalized spacial score (nSPS) is 18.4. The molecule has 0 N–H and O–H groups in total. The maximum absolute atomic E-state index is 13.3. The molecule has 158 valence electrons. The minimum atomic E-state index is -0.252. The number of para-hydroxylation sites is 1. The maximum Gasteiger partial charge on any atom is 0.277 e. The number of rotatable bonds is 8. The topological polar surface area (TPSA) is 62.3 Å². The summed E-state index contributed by atoms with van der Waals surface area (Å²) in [5.41, 5.74) is 1.61. The first-order valence-corrected chi connectivity index (χ1v) is 10.2. The van der Waals surface area contributed by atoms with E-state index in [1.165, 1.54) is 4.90 Å². The molecular formula is C22H31N3O4. The smallest absolute Gasteiger partial charge is 0.277 e. The van der Waals surface area contributed by atoms with Gasteiger partial charge in [0.15, 0.2) is 0 Å². The third kappa shape index (κ3) is 4.62. The Morgan fingerprint density at radius 2 is 1.72 bits per heavy atom. The minimum absolute atomic E-state index is 0.128. The molecule has 2 heterocycles. The summed E-state index contributed by atoms with van der Waals surface area (Å²) in [6.07, 6.45) is 0.744. The van der Waals surface area contributed by atoms with E-state index >= 15 is 0 Å². The number of benzene rings is 1. The van der Waals surface area contributed by atoms with Gasteiger partial charge in [-0.3, -0.25) is 14.5 Å². The maximum atomic E-state index is 13.3. The molecule has 1 fully saturated rings. The van der Waals surface area contributed by atoms with E-state index in [9.17, 15) is 9.59 Å². The molecule has 0 saturated carbocycles. The fourth-order valence-corrected chi connectivity index (χ4v) is 3.73. The lowest BCUT2D eigenvalue weighted by Gasteiger charge is -2.34. The van der Waals surface area contributed by atoms with E-state index in [-0.39, 0.29) is 17.9 Å². The van der Waals surface area contributed by atoms with Crippen LogP contribution in [0.1, 0.15) is 25.8 Å². The Morgan fingerprint density at radius 3 is 2.38 bits per heavy atom. The predicted octanol–water partition coefficient (Wildman–Crippen LogP) is 1.84. The molecule has 1 aromatic carbocycles. The average molecular weight is 402 g/mol. The second-order valence-electron chi connectivity index (χ2n) is 7.75. The monoisotopic (exact) mass is 401 g/mol. The van der Waals surface area contributed by atoms with Crippen molar-refractivity contribution in [2.75, 3.05) is 53.5 Å². The van der Waals surface area contributed by atoms with Gasteiger partial charge >= 0.3 is 0 Å². The van der Waals surface area contributed by atoms with Crippen LogP contribution in [0.4, 0.5) is 0 Å². The van der Waals surface area contributed by atoms with Crippen molar-refractivity contribution in [3.05, 3.63) is 35.5 Å². The van der Waals surface area contributed by atoms with E-state index in [1.807, 2.05) is 43.0 Å². The fourth-order valence-electron chi connectivity index (χ4n) is 3.73. The van der Waals surface area contributed by atoms with Crippen molar-refractivity contribution in [2.24, 2.45) is 0 Å². The van der Waals surface area contributed by atoms with Crippen molar-refractivity contribution in [1.82, 2.24) is 14.7 Å². The largest absolute Gasteiger partial charge is 0.496 e. The van der Waals surface area contributed by atoms with Crippen molar-refractivity contribution < 1.29 is 19.1 Å². The summed E-state index contributed by atoms with van der Waals surface area (Å²) >= 11 is 0. The van der Waals surface area contributed by atoms with Crippen molar-refractivity contribution in [2.45, 2.75) is 26.4 Å². The molecule has 0 aliphatic carbocycles. The van der Waals surface area contributed by atoms with E-state index < -0.39 is 0 Å². The Kier molecular flexibility index (Phi) is 6.92. The molecule has 3 rings (SSSR count). The molecule has 2 aliphatic rings. The van der Waals surface area contributed by atoms with E-state index in [2.05, 4.69) is 11.9 Å². The van der Waals surface area contributed by atoms with Gasteiger partial charge in [-0.25, -0.2) is 0 Å². The highest BCUT2D eigenvalue weighted by molar-refractivity contribution is 6.36. The zero-order valence-electron chi connectivity index (χ0n) is 17.8. The molecule has 0 spiro atoms. The van der Waals surface area contributed by atoms with Crippen LogP contribution >= 0.6 is 0 Å². The van der Waals surface area contributed by atoms with Gasteiger partial charge in [-0.05, 0) is 33.4 Å². The first-order chi connectivity index (χ1) is 13.9. The van der Waals surface area contributed by atoms with Gasteiger partial charge in [0.1, 0.15) is 11.4 Å². The van der Waals surface area contributed by atoms with E-state index in [0.717, 1.165) is 13.1 Å². The number of ether oxygens (including phenoxy) is 2. The summed E-state index contributed by atoms with van der Waals surface area (Å²) in [5.74, 6) is 0.128. The highest BCUT2D eigenvalue weighted by atomic mass is 16.5. The van der Waals surface area contributed by atoms with Crippen molar-refractivity contribution in [1.29, 1.82) is 0 Å². The van der Waals surface area contributed by atoms with Crippen LogP contribution in [0.25, 0.3) is 5.57 Å². The highest BCUT2D eigenvalue weighted by Crippen LogP contribution is 2.36. The summed E-state index contributed by atoms with van der Waals surface area (Å²) in [5, 5.41) is 0. The molecule has 0 aromatic heterocycles. The van der Waals surface area contributed by atoms with Gasteiger partial charge < -0.3 is 19.3 Å². The lowest BCUT2D eigenvalue weighted by Crippen LogP contribution is -2.46. The van der Waals surface area contributed by atoms with Gasteiger partial charge in [-0.2, -0.15) is 0 Å². The van der Waals surface area contributed by atoms with Crippen molar-refractivity contribution in [3.63, 3.8) is 0 Å². The molecule has 29 heavy (non-hydrogen) atoms. The van der Waals surface area contributed by atoms with Crippen LogP contribution in [0.2, 0.25) is 0 Å². The first kappa shape index (κ1) is 21.3. The van der Waals surface area contributed by atoms with Crippen LogP contribution in [0.15, 0.2) is 30.0 Å². The summed E-state index contributed by atoms with van der Waals surface area (Å²) < 4.78 is 11.1. The molecule has 2 aliphatic heterocycles. The van der Waals surface area contributed by atoms with Gasteiger partial charge in [0.05, 0.1) is 18.8 Å². The Morgan fingerprint density at radius 1 is 1.03 bits per heavy atom. The molecule has 0 radical (unpaired) electrons. The summed E-state index contributed by atoms with van der Waals surface area (Å²) in [7, 11) is 3.65. The van der Waals surface area contributed by atoms with Crippen molar-refractivity contribution >= 4 is 17.4 Å². The molecular weight excluding hydrogens is 370 g/mol. The lowest BCUT2D eigenvalue weighted by atomic mass is 10.0. The number of nitrogens with zero attached hydrogens (tertiary/aromatic N) is 3. The van der Waals surface area contributed by atoms with Crippen LogP contribution in [0, 0.1) is 0 Å². The molecule has 1 aromatic rings. The Bertz CT molecular complexity index is 782. The third-order valence-corrected chi connectivity index (χ3v) is 5.32. The lowest BCUT2D eigenvalue weighted by molar-refractivity contribution is -0.137. The Balaban J connectivity index is 1.92. The molecule has 1 saturated heterocycles. The molecule has 0 atom stereocenters. The molecule has 2 amide bonds. The van der Waals surface area contributed by atoms with E-state index in [1.54, 1.807) is 7.11 Å². The summed E-state index contributed by atoms with van der Waals surface area (Å²) in [6.45, 7) is 7.95. The Hall–Kier alpha value is -2.38. The first-order valence-electron chi connectivity index (χ1n) is 10.2. The number of carbonyl (C=O) groups excluding carboxylic acids is 2. The van der Waals surface area contributed by atoms with Gasteiger partial charge in [-0.1, -0.05) is 18.2 Å². The number of likely N-dealkylation sites (N-methyl/N-ethyl adjacent to an activating group) is 1. The second kappa shape index (κ2) is 9.41. The van der Waals surface area contributed by atoms with Gasteiger partial charge in [0, 0.05) is 44.9 Å². The van der Waals surface area contributed by atoms with E-state index in [0.29, 0.717) is 55.2 Å². The molecule has 0 unspecified atom stereocenters. The predicted molar refractivity (Wildman–Crippen MR) is 111 cm³/mol. The SMILES string of the molecule is COc1ccccc1C1=C(N2CCN(C)CC2)C(=O)N(CCCOC(C)C)C1=O. The number of hydrogen-bond acceptors (Lipinski definition) is 6. The van der Waals surface area contributed by atoms with Crippen LogP contribution in [-0.2, 0) is 14.3 Å². The Labute approximate surface area is 172 Å². The van der Waals surface area contributed by atoms with Crippen LogP contribution in [-0.4, -0.2) is 86.1 Å². The number of methoxy groups -OCH3 is 1. The summed E-state index contributed by atoms with van der Waals surface area (Å²) in [4.78, 5) is 32.3. The second-order valence-corrected chi connectivity index (χ2v) is 7.75. The number of hydrogen-bond donors (Lipinski definition) is 0. The molecule has 7 nitrogen and oxygen atoms in total. The minimum Gasteiger partial charge on any atom is -0.496 e. The fraction of sp³-hybridized carbons (Fsp3) is 0.545. The number of amides is 2. The standard InChI is InChI=1S/C22H31N3O4/c1-16(2)29-15-7-10-25-21(26)19(17-8-5-6-9-18(17)28-4)20(22(25)27)24-13-11-23(3)12-14-24/h5-6,8-9,16H,7,10-15H2,1-4H3. The molecule has 0 bridgehead atoms. The average Bonchev–Trinajstić information content (AvgIpc) is 2.95. The van der Waals surface area contributed by atoms with Gasteiger partial charge in [0.2, 0.25) is 0 Å². The third-order valence-electron chi connectivity index (χ3n) is 5.32. The number of carbonyl (C=O) groups is 2. The van der Waals surface area contributed by atoms with Crippen LogP contribution in [0.3, 0.4) is 0 Å². The quantitative estimate of drug-likeness (QED) is 0.489. The van der Waals surface area contributed by atoms with E-state index in [4.69, 9.17) is 9.47 Å². The van der Waals surface area contributed by atoms with Crippen LogP contribution in [0.5, 0.6) is 5.75 Å². The molecule has 7 heteroatoms.